The Morgan fingerprint density at radius 3 is 2.23 bits per heavy atom. The zero-order chi connectivity index (χ0) is 9.80. The number of likely N-dealkylation sites (tertiary alicyclic amines) is 1. The van der Waals surface area contributed by atoms with Gasteiger partial charge in [-0.25, -0.2) is 0 Å². The molecule has 0 aromatic rings. The lowest BCUT2D eigenvalue weighted by atomic mass is 10.1. The number of nitrogens with zero attached hydrogens (tertiary/aromatic N) is 1. The minimum absolute atomic E-state index is 0.312. The molecule has 4 N–H and O–H groups in total. The smallest absolute Gasteiger partial charge is 0.238 e. The van der Waals surface area contributed by atoms with Gasteiger partial charge in [-0.15, -0.1) is 0 Å². The molecule has 0 bridgehead atoms. The van der Waals surface area contributed by atoms with Gasteiger partial charge in [-0.1, -0.05) is 0 Å². The molecule has 74 valence electrons. The van der Waals surface area contributed by atoms with E-state index in [4.69, 9.17) is 11.5 Å². The first-order valence-corrected chi connectivity index (χ1v) is 4.80. The Balaban J connectivity index is 2.01. The Hall–Kier alpha value is -0.610. The molecule has 1 heterocycles. The average molecular weight is 183 g/mol. The fraction of sp³-hybridized carbons (Fsp3) is 0.889. The molecule has 2 rings (SSSR count). The SMILES string of the molecule is CC(C)N1C[C@@H]2[C@H](C1)C2(N)C(N)=O. The molecule has 0 radical (unpaired) electrons. The monoisotopic (exact) mass is 183 g/mol. The predicted octanol–water partition coefficient (Wildman–Crippen LogP) is -0.861. The van der Waals surface area contributed by atoms with Crippen LogP contribution in [0.15, 0.2) is 0 Å². The molecule has 1 saturated heterocycles. The van der Waals surface area contributed by atoms with Crippen molar-refractivity contribution in [1.29, 1.82) is 0 Å². The summed E-state index contributed by atoms with van der Waals surface area (Å²) in [6.45, 7) is 6.18. The summed E-state index contributed by atoms with van der Waals surface area (Å²) in [5, 5.41) is 0. The molecule has 1 unspecified atom stereocenters. The Kier molecular flexibility index (Phi) is 1.69. The molecule has 3 atom stereocenters. The zero-order valence-electron chi connectivity index (χ0n) is 8.16. The molecule has 4 nitrogen and oxygen atoms in total. The number of hydrogen-bond donors (Lipinski definition) is 2. The summed E-state index contributed by atoms with van der Waals surface area (Å²) in [5.74, 6) is 0.297. The molecular weight excluding hydrogens is 166 g/mol. The molecule has 13 heavy (non-hydrogen) atoms. The summed E-state index contributed by atoms with van der Waals surface area (Å²) in [4.78, 5) is 13.4. The highest BCUT2D eigenvalue weighted by Gasteiger charge is 2.69. The first-order valence-electron chi connectivity index (χ1n) is 4.80. The van der Waals surface area contributed by atoms with Crippen LogP contribution in [0.5, 0.6) is 0 Å². The van der Waals surface area contributed by atoms with Gasteiger partial charge >= 0.3 is 0 Å². The van der Waals surface area contributed by atoms with Crippen molar-refractivity contribution in [1.82, 2.24) is 4.90 Å². The van der Waals surface area contributed by atoms with Crippen LogP contribution in [0.3, 0.4) is 0 Å². The van der Waals surface area contributed by atoms with Crippen molar-refractivity contribution >= 4 is 5.91 Å². The lowest BCUT2D eigenvalue weighted by Gasteiger charge is -2.25. The minimum Gasteiger partial charge on any atom is -0.368 e. The van der Waals surface area contributed by atoms with E-state index in [2.05, 4.69) is 18.7 Å². The number of primary amides is 1. The summed E-state index contributed by atoms with van der Waals surface area (Å²) >= 11 is 0. The van der Waals surface area contributed by atoms with E-state index in [1.54, 1.807) is 0 Å². The van der Waals surface area contributed by atoms with E-state index in [0.717, 1.165) is 13.1 Å². The molecule has 1 aliphatic carbocycles. The predicted molar refractivity (Wildman–Crippen MR) is 49.8 cm³/mol. The van der Waals surface area contributed by atoms with Crippen LogP contribution in [-0.2, 0) is 4.79 Å². The third-order valence-corrected chi connectivity index (χ3v) is 3.62. The Morgan fingerprint density at radius 1 is 1.46 bits per heavy atom. The van der Waals surface area contributed by atoms with Crippen molar-refractivity contribution in [2.24, 2.45) is 23.3 Å². The highest BCUT2D eigenvalue weighted by molar-refractivity contribution is 5.89. The van der Waals surface area contributed by atoms with Gasteiger partial charge < -0.3 is 16.4 Å². The van der Waals surface area contributed by atoms with E-state index in [1.165, 1.54) is 0 Å². The maximum atomic E-state index is 11.1. The number of carbonyl (C=O) groups excluding carboxylic acids is 1. The van der Waals surface area contributed by atoms with E-state index in [1.807, 2.05) is 0 Å². The number of fused-ring (bicyclic) bond motifs is 1. The summed E-state index contributed by atoms with van der Waals surface area (Å²) in [6, 6.07) is 0.546. The fourth-order valence-corrected chi connectivity index (χ4v) is 2.49. The van der Waals surface area contributed by atoms with Crippen LogP contribution < -0.4 is 11.5 Å². The van der Waals surface area contributed by atoms with Gasteiger partial charge in [0.1, 0.15) is 5.54 Å². The molecule has 2 fully saturated rings. The molecule has 0 spiro atoms. The lowest BCUT2D eigenvalue weighted by molar-refractivity contribution is -0.121. The van der Waals surface area contributed by atoms with Gasteiger partial charge in [0, 0.05) is 31.0 Å². The van der Waals surface area contributed by atoms with E-state index in [0.29, 0.717) is 17.9 Å². The normalized spacial score (nSPS) is 43.7. The second-order valence-electron chi connectivity index (χ2n) is 4.56. The summed E-state index contributed by atoms with van der Waals surface area (Å²) in [7, 11) is 0. The van der Waals surface area contributed by atoms with Crippen molar-refractivity contribution in [3.8, 4) is 0 Å². The van der Waals surface area contributed by atoms with Crippen LogP contribution in [0.2, 0.25) is 0 Å². The van der Waals surface area contributed by atoms with E-state index >= 15 is 0 Å². The second kappa shape index (κ2) is 2.45. The Bertz CT molecular complexity index is 239. The summed E-state index contributed by atoms with van der Waals surface area (Å²) < 4.78 is 0. The van der Waals surface area contributed by atoms with Gasteiger partial charge in [-0.2, -0.15) is 0 Å². The zero-order valence-corrected chi connectivity index (χ0v) is 8.16. The summed E-state index contributed by atoms with van der Waals surface area (Å²) in [6.07, 6.45) is 0. The molecule has 0 aromatic heterocycles. The Morgan fingerprint density at radius 2 is 1.92 bits per heavy atom. The van der Waals surface area contributed by atoms with Crippen molar-refractivity contribution in [2.75, 3.05) is 13.1 Å². The quantitative estimate of drug-likeness (QED) is 0.585. The van der Waals surface area contributed by atoms with Crippen LogP contribution in [0.4, 0.5) is 0 Å². The molecule has 0 aromatic carbocycles. The largest absolute Gasteiger partial charge is 0.368 e. The standard InChI is InChI=1S/C9H17N3O/c1-5(2)12-3-6-7(4-12)9(6,11)8(10)13/h5-7H,3-4,11H2,1-2H3,(H2,10,13)/t6-,7+,9?. The highest BCUT2D eigenvalue weighted by Crippen LogP contribution is 2.53. The van der Waals surface area contributed by atoms with Gasteiger partial charge in [-0.3, -0.25) is 4.79 Å². The number of carbonyl (C=O) groups is 1. The van der Waals surface area contributed by atoms with E-state index in [9.17, 15) is 4.79 Å². The number of piperidine rings is 1. The maximum Gasteiger partial charge on any atom is 0.238 e. The lowest BCUT2D eigenvalue weighted by Crippen LogP contribution is -2.48. The molecule has 1 saturated carbocycles. The first kappa shape index (κ1) is 8.97. The van der Waals surface area contributed by atoms with Gasteiger partial charge in [0.25, 0.3) is 0 Å². The third kappa shape index (κ3) is 1.02. The molecule has 1 amide bonds. The van der Waals surface area contributed by atoms with Crippen LogP contribution in [-0.4, -0.2) is 35.5 Å². The van der Waals surface area contributed by atoms with Gasteiger partial charge in [0.05, 0.1) is 0 Å². The number of nitrogens with two attached hydrogens (primary N) is 2. The Labute approximate surface area is 78.2 Å². The number of rotatable bonds is 2. The van der Waals surface area contributed by atoms with E-state index < -0.39 is 5.54 Å². The molecule has 4 heteroatoms. The van der Waals surface area contributed by atoms with Gasteiger partial charge in [0.15, 0.2) is 0 Å². The average Bonchev–Trinajstić information content (AvgIpc) is 2.49. The second-order valence-corrected chi connectivity index (χ2v) is 4.56. The minimum atomic E-state index is -0.675. The van der Waals surface area contributed by atoms with Crippen LogP contribution in [0.1, 0.15) is 13.8 Å². The van der Waals surface area contributed by atoms with Crippen molar-refractivity contribution in [3.05, 3.63) is 0 Å². The van der Waals surface area contributed by atoms with Crippen LogP contribution in [0.25, 0.3) is 0 Å². The van der Waals surface area contributed by atoms with Gasteiger partial charge in [-0.05, 0) is 13.8 Å². The molecular formula is C9H17N3O. The maximum absolute atomic E-state index is 11.1. The molecule has 2 aliphatic rings. The number of hydrogen-bond acceptors (Lipinski definition) is 3. The number of amides is 1. The van der Waals surface area contributed by atoms with E-state index in [-0.39, 0.29) is 5.91 Å². The highest BCUT2D eigenvalue weighted by atomic mass is 16.1. The molecule has 1 aliphatic heterocycles. The fourth-order valence-electron chi connectivity index (χ4n) is 2.49. The summed E-state index contributed by atoms with van der Waals surface area (Å²) in [5.41, 5.74) is 10.5. The van der Waals surface area contributed by atoms with Gasteiger partial charge in [0.2, 0.25) is 5.91 Å². The third-order valence-electron chi connectivity index (χ3n) is 3.62. The van der Waals surface area contributed by atoms with Crippen molar-refractivity contribution in [2.45, 2.75) is 25.4 Å². The van der Waals surface area contributed by atoms with Crippen molar-refractivity contribution < 1.29 is 4.79 Å². The first-order chi connectivity index (χ1) is 5.98. The van der Waals surface area contributed by atoms with Crippen LogP contribution in [0, 0.1) is 11.8 Å². The topological polar surface area (TPSA) is 72.3 Å². The van der Waals surface area contributed by atoms with Crippen LogP contribution >= 0.6 is 0 Å². The van der Waals surface area contributed by atoms with Crippen molar-refractivity contribution in [3.63, 3.8) is 0 Å².